The molecule has 0 aliphatic heterocycles. The predicted molar refractivity (Wildman–Crippen MR) is 98.0 cm³/mol. The number of methoxy groups -OCH3 is 1. The van der Waals surface area contributed by atoms with Crippen molar-refractivity contribution in [3.8, 4) is 5.75 Å². The Labute approximate surface area is 144 Å². The second-order valence-electron chi connectivity index (χ2n) is 5.76. The molecule has 1 N–H and O–H groups in total. The Morgan fingerprint density at radius 2 is 1.74 bits per heavy atom. The molecule has 0 aliphatic carbocycles. The van der Waals surface area contributed by atoms with Crippen LogP contribution in [0, 0.1) is 6.92 Å². The van der Waals surface area contributed by atoms with E-state index in [2.05, 4.69) is 47.1 Å². The van der Waals surface area contributed by atoms with E-state index in [1.807, 2.05) is 30.3 Å². The first-order valence-corrected chi connectivity index (χ1v) is 8.37. The zero-order valence-electron chi connectivity index (χ0n) is 13.2. The third kappa shape index (κ3) is 3.41. The van der Waals surface area contributed by atoms with E-state index in [4.69, 9.17) is 4.74 Å². The average molecular weight is 371 g/mol. The summed E-state index contributed by atoms with van der Waals surface area (Å²) in [7, 11) is 1.66. The Bertz CT molecular complexity index is 825. The molecule has 0 heterocycles. The maximum absolute atomic E-state index is 10.6. The molecule has 0 aromatic heterocycles. The van der Waals surface area contributed by atoms with Gasteiger partial charge in [0.05, 0.1) is 13.2 Å². The highest BCUT2D eigenvalue weighted by Gasteiger charge is 2.14. The normalized spacial score (nSPS) is 12.3. The van der Waals surface area contributed by atoms with Gasteiger partial charge in [0.25, 0.3) is 0 Å². The van der Waals surface area contributed by atoms with Crippen molar-refractivity contribution >= 4 is 26.7 Å². The Kier molecular flexibility index (Phi) is 4.69. The van der Waals surface area contributed by atoms with E-state index < -0.39 is 6.10 Å². The third-order valence-electron chi connectivity index (χ3n) is 4.10. The van der Waals surface area contributed by atoms with Gasteiger partial charge in [-0.2, -0.15) is 0 Å². The largest absolute Gasteiger partial charge is 0.497 e. The Balaban J connectivity index is 1.95. The molecule has 3 aromatic rings. The first kappa shape index (κ1) is 16.0. The molecule has 1 atom stereocenters. The molecule has 118 valence electrons. The topological polar surface area (TPSA) is 29.5 Å². The van der Waals surface area contributed by atoms with Gasteiger partial charge in [-0.1, -0.05) is 48.0 Å². The van der Waals surface area contributed by atoms with Crippen molar-refractivity contribution in [1.29, 1.82) is 0 Å². The number of hydrogen-bond donors (Lipinski definition) is 1. The summed E-state index contributed by atoms with van der Waals surface area (Å²) < 4.78 is 6.23. The van der Waals surface area contributed by atoms with Crippen molar-refractivity contribution < 1.29 is 9.84 Å². The van der Waals surface area contributed by atoms with Crippen molar-refractivity contribution in [3.63, 3.8) is 0 Å². The van der Waals surface area contributed by atoms with Gasteiger partial charge in [0, 0.05) is 10.9 Å². The number of ether oxygens (including phenoxy) is 1. The van der Waals surface area contributed by atoms with E-state index in [9.17, 15) is 5.11 Å². The second kappa shape index (κ2) is 6.73. The second-order valence-corrected chi connectivity index (χ2v) is 6.55. The molecule has 1 unspecified atom stereocenters. The highest BCUT2D eigenvalue weighted by Crippen LogP contribution is 2.34. The summed E-state index contributed by atoms with van der Waals surface area (Å²) in [5.74, 6) is 0.809. The van der Waals surface area contributed by atoms with Crippen molar-refractivity contribution in [2.75, 3.05) is 7.11 Å². The summed E-state index contributed by atoms with van der Waals surface area (Å²) in [6.07, 6.45) is 0.0386. The van der Waals surface area contributed by atoms with Crippen LogP contribution in [-0.4, -0.2) is 12.2 Å². The van der Waals surface area contributed by atoms with Crippen LogP contribution in [0.2, 0.25) is 0 Å². The van der Waals surface area contributed by atoms with Gasteiger partial charge in [0.1, 0.15) is 5.75 Å². The minimum atomic E-state index is -0.553. The zero-order valence-corrected chi connectivity index (χ0v) is 14.8. The molecule has 0 radical (unpaired) electrons. The minimum absolute atomic E-state index is 0.553. The summed E-state index contributed by atoms with van der Waals surface area (Å²) in [6, 6.07) is 18.2. The van der Waals surface area contributed by atoms with E-state index >= 15 is 0 Å². The molecule has 0 saturated heterocycles. The fourth-order valence-corrected chi connectivity index (χ4v) is 3.46. The molecule has 0 amide bonds. The monoisotopic (exact) mass is 370 g/mol. The molecular weight excluding hydrogens is 352 g/mol. The number of aliphatic hydroxyl groups is 1. The lowest BCUT2D eigenvalue weighted by Crippen LogP contribution is -2.03. The fourth-order valence-electron chi connectivity index (χ4n) is 2.72. The quantitative estimate of drug-likeness (QED) is 0.684. The van der Waals surface area contributed by atoms with Crippen LogP contribution in [0.1, 0.15) is 22.8 Å². The smallest absolute Gasteiger partial charge is 0.119 e. The van der Waals surface area contributed by atoms with Crippen LogP contribution in [0.3, 0.4) is 0 Å². The molecule has 0 saturated carbocycles. The zero-order chi connectivity index (χ0) is 16.4. The molecule has 3 rings (SSSR count). The van der Waals surface area contributed by atoms with Gasteiger partial charge < -0.3 is 9.84 Å². The third-order valence-corrected chi connectivity index (χ3v) is 4.99. The highest BCUT2D eigenvalue weighted by atomic mass is 79.9. The number of rotatable bonds is 4. The van der Waals surface area contributed by atoms with Gasteiger partial charge in [-0.3, -0.25) is 0 Å². The molecule has 2 nitrogen and oxygen atoms in total. The van der Waals surface area contributed by atoms with E-state index in [1.54, 1.807) is 7.11 Å². The molecule has 0 fully saturated rings. The number of aliphatic hydroxyl groups excluding tert-OH is 1. The van der Waals surface area contributed by atoms with Crippen LogP contribution >= 0.6 is 15.9 Å². The van der Waals surface area contributed by atoms with Gasteiger partial charge in [-0.25, -0.2) is 0 Å². The number of aryl methyl sites for hydroxylation is 1. The van der Waals surface area contributed by atoms with Crippen LogP contribution in [-0.2, 0) is 6.42 Å². The Morgan fingerprint density at radius 1 is 1.04 bits per heavy atom. The number of fused-ring (bicyclic) bond motifs is 1. The van der Waals surface area contributed by atoms with Crippen molar-refractivity contribution in [1.82, 2.24) is 0 Å². The molecule has 23 heavy (non-hydrogen) atoms. The Hall–Kier alpha value is -1.84. The molecule has 3 heteroatoms. The van der Waals surface area contributed by atoms with E-state index in [1.165, 1.54) is 5.56 Å². The van der Waals surface area contributed by atoms with Gasteiger partial charge in [0.15, 0.2) is 0 Å². The number of hydrogen-bond acceptors (Lipinski definition) is 2. The molecule has 3 aromatic carbocycles. The average Bonchev–Trinajstić information content (AvgIpc) is 2.57. The summed E-state index contributed by atoms with van der Waals surface area (Å²) in [4.78, 5) is 0. The van der Waals surface area contributed by atoms with E-state index in [0.717, 1.165) is 32.1 Å². The first-order chi connectivity index (χ1) is 11.1. The van der Waals surface area contributed by atoms with Gasteiger partial charge in [0.2, 0.25) is 0 Å². The lowest BCUT2D eigenvalue weighted by atomic mass is 9.98. The van der Waals surface area contributed by atoms with Crippen LogP contribution in [0.4, 0.5) is 0 Å². The highest BCUT2D eigenvalue weighted by molar-refractivity contribution is 9.10. The lowest BCUT2D eigenvalue weighted by molar-refractivity contribution is 0.178. The van der Waals surface area contributed by atoms with Gasteiger partial charge in [-0.05, 0) is 56.9 Å². The molecule has 0 bridgehead atoms. The van der Waals surface area contributed by atoms with Crippen LogP contribution < -0.4 is 4.74 Å². The van der Waals surface area contributed by atoms with Gasteiger partial charge >= 0.3 is 0 Å². The fraction of sp³-hybridized carbons (Fsp3) is 0.200. The lowest BCUT2D eigenvalue weighted by Gasteiger charge is -2.15. The maximum atomic E-state index is 10.6. The molecule has 0 spiro atoms. The van der Waals surface area contributed by atoms with Crippen LogP contribution in [0.5, 0.6) is 5.75 Å². The van der Waals surface area contributed by atoms with Gasteiger partial charge in [-0.15, -0.1) is 0 Å². The van der Waals surface area contributed by atoms with Crippen molar-refractivity contribution in [3.05, 3.63) is 75.8 Å². The van der Waals surface area contributed by atoms with E-state index in [0.29, 0.717) is 6.42 Å². The first-order valence-electron chi connectivity index (χ1n) is 7.58. The van der Waals surface area contributed by atoms with Crippen molar-refractivity contribution in [2.24, 2.45) is 0 Å². The minimum Gasteiger partial charge on any atom is -0.497 e. The standard InChI is InChI=1S/C20H19BrO2/c1-13-3-5-14(6-4-13)11-19(22)17-10-8-15-7-9-16(23-2)12-18(15)20(17)21/h3-10,12,19,22H,11H2,1-2H3. The van der Waals surface area contributed by atoms with Crippen molar-refractivity contribution in [2.45, 2.75) is 19.4 Å². The molecular formula is C20H19BrO2. The Morgan fingerprint density at radius 3 is 2.43 bits per heavy atom. The summed E-state index contributed by atoms with van der Waals surface area (Å²) in [5.41, 5.74) is 3.24. The molecule has 0 aliphatic rings. The number of halogens is 1. The SMILES string of the molecule is COc1ccc2ccc(C(O)Cc3ccc(C)cc3)c(Br)c2c1. The predicted octanol–water partition coefficient (Wildman–Crippen LogP) is 5.20. The van der Waals surface area contributed by atoms with Crippen LogP contribution in [0.15, 0.2) is 59.1 Å². The van der Waals surface area contributed by atoms with Crippen LogP contribution in [0.25, 0.3) is 10.8 Å². The number of benzene rings is 3. The maximum Gasteiger partial charge on any atom is 0.119 e. The summed E-state index contributed by atoms with van der Waals surface area (Å²) in [5, 5.41) is 12.8. The van der Waals surface area contributed by atoms with E-state index in [-0.39, 0.29) is 0 Å². The summed E-state index contributed by atoms with van der Waals surface area (Å²) in [6.45, 7) is 2.06. The summed E-state index contributed by atoms with van der Waals surface area (Å²) >= 11 is 3.66.